The molecule has 0 amide bonds. The molecule has 2 aliphatic rings. The second-order valence-corrected chi connectivity index (χ2v) is 3.46. The van der Waals surface area contributed by atoms with Gasteiger partial charge in [-0.3, -0.25) is 9.98 Å². The predicted molar refractivity (Wildman–Crippen MR) is 46.0 cm³/mol. The molecule has 3 heteroatoms. The minimum Gasteiger partial charge on any atom is -0.276 e. The number of hydrogen-bond donors (Lipinski definition) is 0. The third kappa shape index (κ3) is 1.10. The number of hydrogen-bond acceptors (Lipinski definition) is 3. The van der Waals surface area contributed by atoms with E-state index in [1.165, 1.54) is 23.6 Å². The third-order valence-electron chi connectivity index (χ3n) is 1.78. The molecule has 2 rings (SSSR count). The fourth-order valence-corrected chi connectivity index (χ4v) is 2.09. The van der Waals surface area contributed by atoms with Crippen molar-refractivity contribution in [3.63, 3.8) is 0 Å². The smallest absolute Gasteiger partial charge is 0.113 e. The molecule has 2 aliphatic heterocycles. The van der Waals surface area contributed by atoms with Gasteiger partial charge in [-0.1, -0.05) is 11.8 Å². The van der Waals surface area contributed by atoms with Gasteiger partial charge in [0.1, 0.15) is 5.04 Å². The molecule has 0 radical (unpaired) electrons. The van der Waals surface area contributed by atoms with E-state index in [1.807, 2.05) is 0 Å². The van der Waals surface area contributed by atoms with Crippen molar-refractivity contribution in [1.82, 2.24) is 0 Å². The molecule has 0 saturated heterocycles. The summed E-state index contributed by atoms with van der Waals surface area (Å²) in [7, 11) is 0. The monoisotopic (exact) mass is 154 g/mol. The lowest BCUT2D eigenvalue weighted by atomic mass is 10.2. The first-order chi connectivity index (χ1) is 4.97. The first kappa shape index (κ1) is 6.40. The highest BCUT2D eigenvalue weighted by Gasteiger charge is 2.16. The summed E-state index contributed by atoms with van der Waals surface area (Å²) in [5.74, 6) is 0.911. The fraction of sp³-hybridized carbons (Fsp3) is 0.714. The lowest BCUT2D eigenvalue weighted by molar-refractivity contribution is 0.787. The van der Waals surface area contributed by atoms with E-state index in [9.17, 15) is 0 Å². The number of aliphatic imine (C=N–C) groups is 2. The second kappa shape index (κ2) is 2.74. The van der Waals surface area contributed by atoms with Gasteiger partial charge in [0, 0.05) is 6.54 Å². The average Bonchev–Trinajstić information content (AvgIpc) is 2.28. The maximum atomic E-state index is 4.43. The lowest BCUT2D eigenvalue weighted by Gasteiger charge is -1.93. The molecule has 0 aromatic carbocycles. The molecule has 0 fully saturated rings. The molecule has 0 aromatic heterocycles. The van der Waals surface area contributed by atoms with E-state index in [1.54, 1.807) is 11.8 Å². The molecular weight excluding hydrogens is 144 g/mol. The van der Waals surface area contributed by atoms with Crippen LogP contribution in [0, 0.1) is 0 Å². The number of nitrogens with zero attached hydrogens (tertiary/aromatic N) is 2. The normalized spacial score (nSPS) is 24.8. The molecule has 2 heterocycles. The lowest BCUT2D eigenvalue weighted by Crippen LogP contribution is -2.02. The Morgan fingerprint density at radius 3 is 3.20 bits per heavy atom. The van der Waals surface area contributed by atoms with Crippen LogP contribution in [-0.2, 0) is 0 Å². The molecule has 54 valence electrons. The summed E-state index contributed by atoms with van der Waals surface area (Å²) in [6, 6.07) is 0. The summed E-state index contributed by atoms with van der Waals surface area (Å²) in [4.78, 5) is 8.80. The highest BCUT2D eigenvalue weighted by molar-refractivity contribution is 8.16. The molecule has 0 unspecified atom stereocenters. The SMILES string of the molecule is C1CCC2=NCSC2=NC1. The van der Waals surface area contributed by atoms with Crippen LogP contribution in [0.15, 0.2) is 9.98 Å². The quantitative estimate of drug-likeness (QED) is 0.521. The zero-order valence-corrected chi connectivity index (χ0v) is 6.65. The summed E-state index contributed by atoms with van der Waals surface area (Å²) in [6.45, 7) is 1.02. The molecule has 0 bridgehead atoms. The van der Waals surface area contributed by atoms with Crippen LogP contribution in [0.2, 0.25) is 0 Å². The first-order valence-electron chi connectivity index (χ1n) is 3.68. The summed E-state index contributed by atoms with van der Waals surface area (Å²) in [5.41, 5.74) is 1.27. The molecule has 0 N–H and O–H groups in total. The van der Waals surface area contributed by atoms with Gasteiger partial charge < -0.3 is 0 Å². The summed E-state index contributed by atoms with van der Waals surface area (Å²) in [6.07, 6.45) is 3.67. The number of fused-ring (bicyclic) bond motifs is 1. The first-order valence-corrected chi connectivity index (χ1v) is 4.66. The predicted octanol–water partition coefficient (Wildman–Crippen LogP) is 1.71. The zero-order valence-electron chi connectivity index (χ0n) is 5.84. The minimum atomic E-state index is 0.911. The minimum absolute atomic E-state index is 0.911. The molecule has 10 heavy (non-hydrogen) atoms. The van der Waals surface area contributed by atoms with Gasteiger partial charge in [0.05, 0.1) is 11.6 Å². The Morgan fingerprint density at radius 2 is 2.20 bits per heavy atom. The van der Waals surface area contributed by atoms with E-state index in [-0.39, 0.29) is 0 Å². The molecule has 0 aliphatic carbocycles. The van der Waals surface area contributed by atoms with Crippen molar-refractivity contribution >= 4 is 22.5 Å². The van der Waals surface area contributed by atoms with E-state index in [0.717, 1.165) is 18.8 Å². The van der Waals surface area contributed by atoms with E-state index < -0.39 is 0 Å². The van der Waals surface area contributed by atoms with E-state index in [2.05, 4.69) is 9.98 Å². The van der Waals surface area contributed by atoms with E-state index in [4.69, 9.17) is 0 Å². The topological polar surface area (TPSA) is 24.7 Å². The fourth-order valence-electron chi connectivity index (χ4n) is 1.23. The third-order valence-corrected chi connectivity index (χ3v) is 2.68. The Morgan fingerprint density at radius 1 is 1.20 bits per heavy atom. The highest BCUT2D eigenvalue weighted by Crippen LogP contribution is 2.20. The van der Waals surface area contributed by atoms with Crippen molar-refractivity contribution in [2.24, 2.45) is 9.98 Å². The largest absolute Gasteiger partial charge is 0.276 e. The van der Waals surface area contributed by atoms with Crippen LogP contribution in [-0.4, -0.2) is 23.2 Å². The van der Waals surface area contributed by atoms with Crippen LogP contribution in [0.4, 0.5) is 0 Å². The van der Waals surface area contributed by atoms with Crippen molar-refractivity contribution in [2.45, 2.75) is 19.3 Å². The van der Waals surface area contributed by atoms with Crippen LogP contribution >= 0.6 is 11.8 Å². The van der Waals surface area contributed by atoms with Crippen LogP contribution in [0.5, 0.6) is 0 Å². The van der Waals surface area contributed by atoms with Gasteiger partial charge in [0.15, 0.2) is 0 Å². The molecule has 2 nitrogen and oxygen atoms in total. The Balaban J connectivity index is 2.21. The highest BCUT2D eigenvalue weighted by atomic mass is 32.2. The van der Waals surface area contributed by atoms with Gasteiger partial charge in [-0.2, -0.15) is 0 Å². The summed E-state index contributed by atoms with van der Waals surface area (Å²) in [5, 5.41) is 1.22. The van der Waals surface area contributed by atoms with Gasteiger partial charge in [0.2, 0.25) is 0 Å². The maximum absolute atomic E-state index is 4.43. The van der Waals surface area contributed by atoms with Crippen molar-refractivity contribution in [3.05, 3.63) is 0 Å². The van der Waals surface area contributed by atoms with Crippen molar-refractivity contribution in [3.8, 4) is 0 Å². The Bertz CT molecular complexity index is 196. The van der Waals surface area contributed by atoms with Crippen molar-refractivity contribution in [2.75, 3.05) is 12.4 Å². The van der Waals surface area contributed by atoms with Crippen molar-refractivity contribution < 1.29 is 0 Å². The van der Waals surface area contributed by atoms with Gasteiger partial charge in [-0.25, -0.2) is 0 Å². The molecule has 0 atom stereocenters. The van der Waals surface area contributed by atoms with Gasteiger partial charge in [-0.15, -0.1) is 0 Å². The number of thioether (sulfide) groups is 1. The Labute approximate surface area is 64.8 Å². The Hall–Kier alpha value is -0.310. The van der Waals surface area contributed by atoms with Crippen LogP contribution < -0.4 is 0 Å². The molecule has 0 aromatic rings. The number of rotatable bonds is 0. The van der Waals surface area contributed by atoms with Gasteiger partial charge >= 0.3 is 0 Å². The van der Waals surface area contributed by atoms with Crippen molar-refractivity contribution in [1.29, 1.82) is 0 Å². The maximum Gasteiger partial charge on any atom is 0.113 e. The van der Waals surface area contributed by atoms with Crippen LogP contribution in [0.25, 0.3) is 0 Å². The molecular formula is C7H10N2S. The molecule has 0 saturated carbocycles. The van der Waals surface area contributed by atoms with Gasteiger partial charge in [0.25, 0.3) is 0 Å². The Kier molecular flexibility index (Phi) is 1.76. The van der Waals surface area contributed by atoms with E-state index in [0.29, 0.717) is 0 Å². The summed E-state index contributed by atoms with van der Waals surface area (Å²) >= 11 is 1.79. The van der Waals surface area contributed by atoms with Crippen LogP contribution in [0.3, 0.4) is 0 Å². The summed E-state index contributed by atoms with van der Waals surface area (Å²) < 4.78 is 0. The second-order valence-electron chi connectivity index (χ2n) is 2.52. The standard InChI is InChI=1S/C7H10N2S/c1-2-4-8-7-6(3-1)9-5-10-7/h1-5H2. The molecule has 0 spiro atoms. The van der Waals surface area contributed by atoms with E-state index >= 15 is 0 Å². The van der Waals surface area contributed by atoms with Gasteiger partial charge in [-0.05, 0) is 19.3 Å². The average molecular weight is 154 g/mol. The van der Waals surface area contributed by atoms with Crippen LogP contribution in [0.1, 0.15) is 19.3 Å². The zero-order chi connectivity index (χ0) is 6.81.